The van der Waals surface area contributed by atoms with E-state index in [9.17, 15) is 0 Å². The molecule has 0 aromatic carbocycles. The summed E-state index contributed by atoms with van der Waals surface area (Å²) in [5, 5.41) is 3.55. The fraction of sp³-hybridized carbons (Fsp3) is 0.733. The molecular formula is C15H26N2OS. The molecule has 1 aromatic rings. The van der Waals surface area contributed by atoms with Crippen LogP contribution in [0.25, 0.3) is 0 Å². The lowest BCUT2D eigenvalue weighted by atomic mass is 9.95. The second-order valence-corrected chi connectivity index (χ2v) is 7.40. The van der Waals surface area contributed by atoms with Gasteiger partial charge < -0.3 is 15.8 Å². The first kappa shape index (κ1) is 15.0. The summed E-state index contributed by atoms with van der Waals surface area (Å²) in [4.78, 5) is 2.75. The van der Waals surface area contributed by atoms with Crippen molar-refractivity contribution in [2.24, 2.45) is 5.73 Å². The number of nitrogens with one attached hydrogen (secondary N) is 1. The highest BCUT2D eigenvalue weighted by atomic mass is 32.1. The van der Waals surface area contributed by atoms with Gasteiger partial charge in [-0.3, -0.25) is 0 Å². The largest absolute Gasteiger partial charge is 0.377 e. The third kappa shape index (κ3) is 4.02. The number of rotatable bonds is 5. The van der Waals surface area contributed by atoms with Gasteiger partial charge in [0, 0.05) is 29.5 Å². The van der Waals surface area contributed by atoms with Crippen LogP contribution in [0, 0.1) is 0 Å². The van der Waals surface area contributed by atoms with E-state index in [0.717, 1.165) is 13.2 Å². The maximum Gasteiger partial charge on any atom is 0.0700 e. The zero-order valence-electron chi connectivity index (χ0n) is 12.2. The van der Waals surface area contributed by atoms with Crippen LogP contribution in [-0.4, -0.2) is 25.8 Å². The van der Waals surface area contributed by atoms with Gasteiger partial charge in [-0.05, 0) is 30.4 Å². The smallest absolute Gasteiger partial charge is 0.0700 e. The molecule has 2 heterocycles. The van der Waals surface area contributed by atoms with Crippen molar-refractivity contribution in [3.63, 3.8) is 0 Å². The van der Waals surface area contributed by atoms with E-state index in [1.165, 1.54) is 22.6 Å². The molecule has 1 aliphatic heterocycles. The molecule has 1 aliphatic rings. The molecule has 0 bridgehead atoms. The average Bonchev–Trinajstić information content (AvgIpc) is 2.98. The highest BCUT2D eigenvalue weighted by Gasteiger charge is 2.21. The zero-order valence-corrected chi connectivity index (χ0v) is 13.1. The van der Waals surface area contributed by atoms with Crippen molar-refractivity contribution >= 4 is 11.3 Å². The van der Waals surface area contributed by atoms with E-state index < -0.39 is 0 Å². The molecule has 0 amide bonds. The van der Waals surface area contributed by atoms with Crippen LogP contribution < -0.4 is 11.1 Å². The Balaban J connectivity index is 1.94. The minimum atomic E-state index is 0.219. The number of nitrogens with two attached hydrogens (primary N) is 1. The van der Waals surface area contributed by atoms with Crippen LogP contribution in [0.3, 0.4) is 0 Å². The van der Waals surface area contributed by atoms with Crippen molar-refractivity contribution in [3.05, 3.63) is 21.9 Å². The lowest BCUT2D eigenvalue weighted by Gasteiger charge is -2.19. The molecule has 3 N–H and O–H groups in total. The Bertz CT molecular complexity index is 391. The molecule has 3 nitrogen and oxygen atoms in total. The fourth-order valence-electron chi connectivity index (χ4n) is 2.32. The van der Waals surface area contributed by atoms with Gasteiger partial charge in [0.05, 0.1) is 12.1 Å². The van der Waals surface area contributed by atoms with Crippen LogP contribution in [0.1, 0.15) is 49.4 Å². The molecule has 0 spiro atoms. The lowest BCUT2D eigenvalue weighted by molar-refractivity contribution is 0.108. The molecule has 1 aromatic heterocycles. The minimum absolute atomic E-state index is 0.219. The quantitative estimate of drug-likeness (QED) is 0.873. The van der Waals surface area contributed by atoms with Crippen LogP contribution >= 0.6 is 11.3 Å². The summed E-state index contributed by atoms with van der Waals surface area (Å²) < 4.78 is 5.64. The maximum atomic E-state index is 5.91. The fourth-order valence-corrected chi connectivity index (χ4v) is 3.48. The van der Waals surface area contributed by atoms with Crippen molar-refractivity contribution in [2.45, 2.75) is 51.2 Å². The minimum Gasteiger partial charge on any atom is -0.377 e. The molecule has 4 heteroatoms. The molecule has 2 unspecified atom stereocenters. The van der Waals surface area contributed by atoms with E-state index in [1.54, 1.807) is 0 Å². The van der Waals surface area contributed by atoms with E-state index in [4.69, 9.17) is 10.5 Å². The highest BCUT2D eigenvalue weighted by molar-refractivity contribution is 7.12. The second-order valence-electron chi connectivity index (χ2n) is 6.28. The summed E-state index contributed by atoms with van der Waals surface area (Å²) in [7, 11) is 0. The summed E-state index contributed by atoms with van der Waals surface area (Å²) in [6.07, 6.45) is 2.73. The molecule has 1 fully saturated rings. The molecular weight excluding hydrogens is 256 g/mol. The maximum absolute atomic E-state index is 5.91. The van der Waals surface area contributed by atoms with Crippen LogP contribution in [0.5, 0.6) is 0 Å². The Morgan fingerprint density at radius 3 is 2.79 bits per heavy atom. The average molecular weight is 282 g/mol. The monoisotopic (exact) mass is 282 g/mol. The van der Waals surface area contributed by atoms with Gasteiger partial charge in [0.15, 0.2) is 0 Å². The molecule has 0 saturated carbocycles. The third-order valence-electron chi connectivity index (χ3n) is 3.56. The van der Waals surface area contributed by atoms with Crippen molar-refractivity contribution in [2.75, 3.05) is 19.7 Å². The topological polar surface area (TPSA) is 47.3 Å². The molecule has 19 heavy (non-hydrogen) atoms. The lowest BCUT2D eigenvalue weighted by Crippen LogP contribution is -2.33. The molecule has 0 radical (unpaired) electrons. The van der Waals surface area contributed by atoms with Gasteiger partial charge in [0.25, 0.3) is 0 Å². The van der Waals surface area contributed by atoms with Crippen LogP contribution in [0.2, 0.25) is 0 Å². The summed E-state index contributed by atoms with van der Waals surface area (Å²) in [5.41, 5.74) is 6.13. The zero-order chi connectivity index (χ0) is 13.9. The van der Waals surface area contributed by atoms with Gasteiger partial charge in [-0.2, -0.15) is 0 Å². The van der Waals surface area contributed by atoms with Crippen LogP contribution in [-0.2, 0) is 10.2 Å². The van der Waals surface area contributed by atoms with Crippen molar-refractivity contribution in [3.8, 4) is 0 Å². The molecule has 1 saturated heterocycles. The first-order chi connectivity index (χ1) is 9.00. The summed E-state index contributed by atoms with van der Waals surface area (Å²) in [5.74, 6) is 0. The number of ether oxygens (including phenoxy) is 1. The van der Waals surface area contributed by atoms with E-state index in [1.807, 2.05) is 11.3 Å². The van der Waals surface area contributed by atoms with E-state index in [-0.39, 0.29) is 11.5 Å². The normalized spacial score (nSPS) is 21.8. The van der Waals surface area contributed by atoms with E-state index in [2.05, 4.69) is 38.2 Å². The molecule has 108 valence electrons. The SMILES string of the molecule is CC(C)(C)c1ccc(C(CN)NCC2CCCO2)s1. The summed E-state index contributed by atoms with van der Waals surface area (Å²) >= 11 is 1.87. The Labute approximate surface area is 120 Å². The summed E-state index contributed by atoms with van der Waals surface area (Å²) in [6.45, 7) is 9.20. The Hall–Kier alpha value is -0.420. The Morgan fingerprint density at radius 2 is 2.26 bits per heavy atom. The standard InChI is InChI=1S/C15H26N2OS/c1-15(2,3)14-7-6-13(19-14)12(9-16)17-10-11-5-4-8-18-11/h6-7,11-12,17H,4-5,8-10,16H2,1-3H3. The Kier molecular flexibility index (Phi) is 5.01. The number of hydrogen-bond acceptors (Lipinski definition) is 4. The molecule has 2 rings (SSSR count). The predicted molar refractivity (Wildman–Crippen MR) is 81.8 cm³/mol. The molecule has 0 aliphatic carbocycles. The van der Waals surface area contributed by atoms with Gasteiger partial charge in [-0.25, -0.2) is 0 Å². The Morgan fingerprint density at radius 1 is 1.47 bits per heavy atom. The van der Waals surface area contributed by atoms with Gasteiger partial charge in [0.1, 0.15) is 0 Å². The van der Waals surface area contributed by atoms with E-state index in [0.29, 0.717) is 12.6 Å². The summed E-state index contributed by atoms with van der Waals surface area (Å²) in [6, 6.07) is 4.70. The predicted octanol–water partition coefficient (Wildman–Crippen LogP) is 2.81. The van der Waals surface area contributed by atoms with E-state index >= 15 is 0 Å². The first-order valence-corrected chi connectivity index (χ1v) is 7.97. The molecule has 2 atom stereocenters. The van der Waals surface area contributed by atoms with Crippen molar-refractivity contribution in [1.82, 2.24) is 5.32 Å². The second kappa shape index (κ2) is 6.35. The van der Waals surface area contributed by atoms with Gasteiger partial charge in [-0.15, -0.1) is 11.3 Å². The number of hydrogen-bond donors (Lipinski definition) is 2. The van der Waals surface area contributed by atoms with Crippen LogP contribution in [0.4, 0.5) is 0 Å². The third-order valence-corrected chi connectivity index (χ3v) is 5.19. The van der Waals surface area contributed by atoms with Crippen LogP contribution in [0.15, 0.2) is 12.1 Å². The van der Waals surface area contributed by atoms with Gasteiger partial charge in [-0.1, -0.05) is 20.8 Å². The number of thiophene rings is 1. The first-order valence-electron chi connectivity index (χ1n) is 7.16. The van der Waals surface area contributed by atoms with Crippen molar-refractivity contribution < 1.29 is 4.74 Å². The highest BCUT2D eigenvalue weighted by Crippen LogP contribution is 2.32. The van der Waals surface area contributed by atoms with Gasteiger partial charge >= 0.3 is 0 Å². The van der Waals surface area contributed by atoms with Gasteiger partial charge in [0.2, 0.25) is 0 Å². The van der Waals surface area contributed by atoms with Crippen molar-refractivity contribution in [1.29, 1.82) is 0 Å².